The van der Waals surface area contributed by atoms with Crippen LogP contribution in [0, 0.1) is 0 Å². The van der Waals surface area contributed by atoms with Crippen molar-refractivity contribution in [1.29, 1.82) is 0 Å². The van der Waals surface area contributed by atoms with Gasteiger partial charge in [-0.2, -0.15) is 0 Å². The van der Waals surface area contributed by atoms with E-state index < -0.39 is 0 Å². The molecule has 0 saturated carbocycles. The van der Waals surface area contributed by atoms with Crippen LogP contribution in [0.2, 0.25) is 0 Å². The summed E-state index contributed by atoms with van der Waals surface area (Å²) < 4.78 is 5.31. The first-order valence-corrected chi connectivity index (χ1v) is 6.42. The lowest BCUT2D eigenvalue weighted by atomic mass is 9.55. The van der Waals surface area contributed by atoms with Crippen LogP contribution in [0.15, 0.2) is 48.5 Å². The van der Waals surface area contributed by atoms with Gasteiger partial charge in [0.05, 0.1) is 7.11 Å². The summed E-state index contributed by atoms with van der Waals surface area (Å²) in [6, 6.07) is 17.2. The summed E-state index contributed by atoms with van der Waals surface area (Å²) in [6.07, 6.45) is 0. The Balaban J connectivity index is 2.10. The third-order valence-electron chi connectivity index (χ3n) is 4.52. The van der Waals surface area contributed by atoms with Crippen LogP contribution in [-0.4, -0.2) is 7.11 Å². The number of rotatable bonds is 2. The minimum Gasteiger partial charge on any atom is -0.497 e. The fourth-order valence-corrected chi connectivity index (χ4v) is 3.16. The summed E-state index contributed by atoms with van der Waals surface area (Å²) in [6.45, 7) is 4.64. The van der Waals surface area contributed by atoms with Gasteiger partial charge in [0.1, 0.15) is 5.75 Å². The maximum absolute atomic E-state index is 5.31. The normalized spacial score (nSPS) is 25.2. The third-order valence-corrected chi connectivity index (χ3v) is 4.52. The molecular weight excluding hydrogens is 220 g/mol. The Morgan fingerprint density at radius 1 is 1.06 bits per heavy atom. The molecule has 0 radical (unpaired) electrons. The number of hydrogen-bond acceptors (Lipinski definition) is 1. The van der Waals surface area contributed by atoms with Crippen molar-refractivity contribution < 1.29 is 4.74 Å². The smallest absolute Gasteiger partial charge is 0.119 e. The van der Waals surface area contributed by atoms with Crippen LogP contribution in [0.1, 0.15) is 36.5 Å². The number of hydrogen-bond donors (Lipinski definition) is 0. The van der Waals surface area contributed by atoms with Gasteiger partial charge in [-0.15, -0.1) is 0 Å². The molecule has 0 aliphatic heterocycles. The van der Waals surface area contributed by atoms with Crippen LogP contribution in [-0.2, 0) is 5.41 Å². The van der Waals surface area contributed by atoms with Gasteiger partial charge in [-0.05, 0) is 34.7 Å². The average Bonchev–Trinajstić information content (AvgIpc) is 2.46. The van der Waals surface area contributed by atoms with Crippen molar-refractivity contribution in [2.24, 2.45) is 0 Å². The lowest BCUT2D eigenvalue weighted by molar-refractivity contribution is 0.387. The Labute approximate surface area is 108 Å². The molecule has 92 valence electrons. The number of ether oxygens (including phenoxy) is 1. The van der Waals surface area contributed by atoms with E-state index in [1.54, 1.807) is 7.11 Å². The molecule has 0 fully saturated rings. The van der Waals surface area contributed by atoms with Crippen LogP contribution in [0.3, 0.4) is 0 Å². The first-order valence-electron chi connectivity index (χ1n) is 6.42. The summed E-state index contributed by atoms with van der Waals surface area (Å²) >= 11 is 0. The molecule has 0 N–H and O–H groups in total. The Morgan fingerprint density at radius 2 is 1.78 bits per heavy atom. The Bertz CT molecular complexity index is 573. The van der Waals surface area contributed by atoms with E-state index in [-0.39, 0.29) is 5.41 Å². The summed E-state index contributed by atoms with van der Waals surface area (Å²) in [4.78, 5) is 0. The largest absolute Gasteiger partial charge is 0.497 e. The number of fused-ring (bicyclic) bond motifs is 1. The van der Waals surface area contributed by atoms with Gasteiger partial charge in [0, 0.05) is 5.41 Å². The van der Waals surface area contributed by atoms with Crippen molar-refractivity contribution in [3.05, 3.63) is 65.2 Å². The minimum absolute atomic E-state index is 0.142. The summed E-state index contributed by atoms with van der Waals surface area (Å²) in [7, 11) is 1.72. The summed E-state index contributed by atoms with van der Waals surface area (Å²) in [5, 5.41) is 0. The SMILES string of the molecule is COc1ccc2c(c1)C(C)C2(C)c1ccccc1. The molecule has 1 heteroatoms. The monoisotopic (exact) mass is 238 g/mol. The first kappa shape index (κ1) is 11.3. The van der Waals surface area contributed by atoms with Gasteiger partial charge < -0.3 is 4.74 Å². The molecule has 1 aliphatic carbocycles. The Hall–Kier alpha value is -1.76. The van der Waals surface area contributed by atoms with E-state index in [1.807, 2.05) is 0 Å². The van der Waals surface area contributed by atoms with E-state index in [2.05, 4.69) is 62.4 Å². The van der Waals surface area contributed by atoms with E-state index in [1.165, 1.54) is 16.7 Å². The third kappa shape index (κ3) is 1.34. The molecule has 18 heavy (non-hydrogen) atoms. The van der Waals surface area contributed by atoms with Crippen LogP contribution >= 0.6 is 0 Å². The zero-order valence-electron chi connectivity index (χ0n) is 11.1. The van der Waals surface area contributed by atoms with Gasteiger partial charge in [-0.3, -0.25) is 0 Å². The van der Waals surface area contributed by atoms with Gasteiger partial charge in [0.25, 0.3) is 0 Å². The second kappa shape index (κ2) is 3.88. The molecule has 2 aromatic carbocycles. The molecule has 2 aromatic rings. The van der Waals surface area contributed by atoms with Crippen molar-refractivity contribution in [3.8, 4) is 5.75 Å². The van der Waals surface area contributed by atoms with Crippen molar-refractivity contribution >= 4 is 0 Å². The molecular formula is C17H18O. The number of methoxy groups -OCH3 is 1. The lowest BCUT2D eigenvalue weighted by Crippen LogP contribution is -2.40. The van der Waals surface area contributed by atoms with Gasteiger partial charge >= 0.3 is 0 Å². The van der Waals surface area contributed by atoms with E-state index in [0.717, 1.165) is 5.75 Å². The first-order chi connectivity index (χ1) is 8.67. The van der Waals surface area contributed by atoms with Crippen molar-refractivity contribution in [1.82, 2.24) is 0 Å². The van der Waals surface area contributed by atoms with Crippen molar-refractivity contribution in [2.75, 3.05) is 7.11 Å². The zero-order chi connectivity index (χ0) is 12.8. The van der Waals surface area contributed by atoms with Crippen molar-refractivity contribution in [2.45, 2.75) is 25.2 Å². The molecule has 0 bridgehead atoms. The minimum atomic E-state index is 0.142. The molecule has 0 aromatic heterocycles. The van der Waals surface area contributed by atoms with Crippen LogP contribution in [0.5, 0.6) is 5.75 Å². The predicted octanol–water partition coefficient (Wildman–Crippen LogP) is 4.12. The fourth-order valence-electron chi connectivity index (χ4n) is 3.16. The number of benzene rings is 2. The molecule has 1 nitrogen and oxygen atoms in total. The quantitative estimate of drug-likeness (QED) is 0.764. The summed E-state index contributed by atoms with van der Waals surface area (Å²) in [5.41, 5.74) is 4.39. The van der Waals surface area contributed by atoms with E-state index in [4.69, 9.17) is 4.74 Å². The van der Waals surface area contributed by atoms with Gasteiger partial charge in [-0.1, -0.05) is 50.2 Å². The van der Waals surface area contributed by atoms with Gasteiger partial charge in [-0.25, -0.2) is 0 Å². The van der Waals surface area contributed by atoms with Crippen LogP contribution < -0.4 is 4.74 Å². The van der Waals surface area contributed by atoms with Crippen LogP contribution in [0.25, 0.3) is 0 Å². The maximum atomic E-state index is 5.31. The lowest BCUT2D eigenvalue weighted by Gasteiger charge is -2.48. The maximum Gasteiger partial charge on any atom is 0.119 e. The molecule has 2 atom stereocenters. The Morgan fingerprint density at radius 3 is 2.44 bits per heavy atom. The molecule has 3 rings (SSSR count). The van der Waals surface area contributed by atoms with Gasteiger partial charge in [0.2, 0.25) is 0 Å². The highest BCUT2D eigenvalue weighted by Crippen LogP contribution is 2.55. The van der Waals surface area contributed by atoms with E-state index >= 15 is 0 Å². The molecule has 2 unspecified atom stereocenters. The van der Waals surface area contributed by atoms with E-state index in [9.17, 15) is 0 Å². The summed E-state index contributed by atoms with van der Waals surface area (Å²) in [5.74, 6) is 1.49. The molecule has 0 saturated heterocycles. The highest BCUT2D eigenvalue weighted by Gasteiger charge is 2.46. The molecule has 1 aliphatic rings. The standard InChI is InChI=1S/C17H18O/c1-12-15-11-14(18-3)9-10-16(15)17(12,2)13-7-5-4-6-8-13/h4-12H,1-3H3. The second-order valence-electron chi connectivity index (χ2n) is 5.24. The van der Waals surface area contributed by atoms with E-state index in [0.29, 0.717) is 5.92 Å². The zero-order valence-corrected chi connectivity index (χ0v) is 11.1. The van der Waals surface area contributed by atoms with Gasteiger partial charge in [0.15, 0.2) is 0 Å². The fraction of sp³-hybridized carbons (Fsp3) is 0.294. The van der Waals surface area contributed by atoms with Crippen LogP contribution in [0.4, 0.5) is 0 Å². The topological polar surface area (TPSA) is 9.23 Å². The molecule has 0 amide bonds. The Kier molecular flexibility index (Phi) is 2.44. The second-order valence-corrected chi connectivity index (χ2v) is 5.24. The predicted molar refractivity (Wildman–Crippen MR) is 74.3 cm³/mol. The van der Waals surface area contributed by atoms with Crippen molar-refractivity contribution in [3.63, 3.8) is 0 Å². The highest BCUT2D eigenvalue weighted by molar-refractivity contribution is 5.58. The highest BCUT2D eigenvalue weighted by atomic mass is 16.5. The average molecular weight is 238 g/mol. The molecule has 0 spiro atoms. The molecule has 0 heterocycles.